The van der Waals surface area contributed by atoms with Gasteiger partial charge >= 0.3 is 0 Å². The predicted octanol–water partition coefficient (Wildman–Crippen LogP) is 2.51. The Balaban J connectivity index is 1.43. The van der Waals surface area contributed by atoms with E-state index in [0.29, 0.717) is 12.0 Å². The maximum absolute atomic E-state index is 12.4. The van der Waals surface area contributed by atoms with Crippen LogP contribution in [0.3, 0.4) is 0 Å². The summed E-state index contributed by atoms with van der Waals surface area (Å²) < 4.78 is 1.75. The molecular weight excluding hydrogens is 302 g/mol. The summed E-state index contributed by atoms with van der Waals surface area (Å²) in [4.78, 5) is 20.9. The molecule has 1 saturated carbocycles. The van der Waals surface area contributed by atoms with Gasteiger partial charge in [0.1, 0.15) is 0 Å². The minimum atomic E-state index is 0.0680. The molecule has 0 aromatic carbocycles. The fourth-order valence-electron chi connectivity index (χ4n) is 3.86. The molecule has 4 rings (SSSR count). The van der Waals surface area contributed by atoms with Crippen LogP contribution in [0.25, 0.3) is 0 Å². The molecule has 2 aromatic heterocycles. The van der Waals surface area contributed by atoms with Gasteiger partial charge in [0.25, 0.3) is 5.56 Å². The summed E-state index contributed by atoms with van der Waals surface area (Å²) in [6.45, 7) is 0. The molecule has 0 atom stereocenters. The van der Waals surface area contributed by atoms with E-state index in [1.54, 1.807) is 17.1 Å². The first-order chi connectivity index (χ1) is 11.8. The van der Waals surface area contributed by atoms with E-state index in [-0.39, 0.29) is 11.6 Å². The minimum Gasteiger partial charge on any atom is -0.351 e. The van der Waals surface area contributed by atoms with Crippen molar-refractivity contribution in [3.8, 4) is 0 Å². The quantitative estimate of drug-likeness (QED) is 0.939. The van der Waals surface area contributed by atoms with Crippen LogP contribution in [0.1, 0.15) is 55.8 Å². The molecule has 6 heteroatoms. The van der Waals surface area contributed by atoms with Gasteiger partial charge in [0.05, 0.1) is 11.7 Å². The molecule has 0 unspecified atom stereocenters. The lowest BCUT2D eigenvalue weighted by molar-refractivity contribution is 0.300. The lowest BCUT2D eigenvalue weighted by Gasteiger charge is -2.30. The smallest absolute Gasteiger partial charge is 0.267 e. The summed E-state index contributed by atoms with van der Waals surface area (Å²) in [5, 5.41) is 8.09. The topological polar surface area (TPSA) is 72.7 Å². The standard InChI is InChI=1S/C18H23N5O/c24-17-12-13-4-1-2-5-16(13)22-23(17)15-8-6-14(7-9-15)21-18-19-10-3-11-20-18/h3,10-12,14-15H,1-2,4-9H2,(H,19,20,21). The summed E-state index contributed by atoms with van der Waals surface area (Å²) in [6, 6.07) is 4.23. The van der Waals surface area contributed by atoms with Crippen LogP contribution in [-0.2, 0) is 12.8 Å². The third-order valence-electron chi connectivity index (χ3n) is 5.17. The predicted molar refractivity (Wildman–Crippen MR) is 92.1 cm³/mol. The molecule has 0 bridgehead atoms. The van der Waals surface area contributed by atoms with E-state index in [0.717, 1.165) is 44.2 Å². The molecule has 24 heavy (non-hydrogen) atoms. The number of aromatic nitrogens is 4. The van der Waals surface area contributed by atoms with Crippen LogP contribution in [0.5, 0.6) is 0 Å². The zero-order valence-electron chi connectivity index (χ0n) is 13.8. The molecule has 0 amide bonds. The third kappa shape index (κ3) is 3.18. The molecule has 2 aliphatic rings. The second-order valence-electron chi connectivity index (χ2n) is 6.83. The van der Waals surface area contributed by atoms with Crippen molar-refractivity contribution in [3.63, 3.8) is 0 Å². The zero-order chi connectivity index (χ0) is 16.4. The fraction of sp³-hybridized carbons (Fsp3) is 0.556. The first kappa shape index (κ1) is 15.3. The van der Waals surface area contributed by atoms with E-state index in [1.165, 1.54) is 18.4 Å². The molecule has 1 fully saturated rings. The average molecular weight is 325 g/mol. The molecular formula is C18H23N5O. The monoisotopic (exact) mass is 325 g/mol. The summed E-state index contributed by atoms with van der Waals surface area (Å²) in [7, 11) is 0. The summed E-state index contributed by atoms with van der Waals surface area (Å²) in [5.41, 5.74) is 2.37. The van der Waals surface area contributed by atoms with Gasteiger partial charge in [0.2, 0.25) is 5.95 Å². The van der Waals surface area contributed by atoms with Gasteiger partial charge in [0.15, 0.2) is 0 Å². The van der Waals surface area contributed by atoms with Gasteiger partial charge in [-0.05, 0) is 63.0 Å². The highest BCUT2D eigenvalue weighted by atomic mass is 16.1. The van der Waals surface area contributed by atoms with E-state index >= 15 is 0 Å². The van der Waals surface area contributed by atoms with Crippen LogP contribution in [0.4, 0.5) is 5.95 Å². The van der Waals surface area contributed by atoms with Crippen molar-refractivity contribution < 1.29 is 0 Å². The zero-order valence-corrected chi connectivity index (χ0v) is 13.8. The Hall–Kier alpha value is -2.24. The first-order valence-electron chi connectivity index (χ1n) is 8.95. The van der Waals surface area contributed by atoms with Gasteiger partial charge < -0.3 is 5.32 Å². The average Bonchev–Trinajstić information content (AvgIpc) is 2.63. The molecule has 6 nitrogen and oxygen atoms in total. The number of rotatable bonds is 3. The Morgan fingerprint density at radius 1 is 1.04 bits per heavy atom. The van der Waals surface area contributed by atoms with Crippen molar-refractivity contribution >= 4 is 5.95 Å². The number of hydrogen-bond acceptors (Lipinski definition) is 5. The number of hydrogen-bond donors (Lipinski definition) is 1. The highest BCUT2D eigenvalue weighted by molar-refractivity contribution is 5.24. The summed E-state index contributed by atoms with van der Waals surface area (Å²) in [6.07, 6.45) is 11.8. The molecule has 0 radical (unpaired) electrons. The Morgan fingerprint density at radius 3 is 2.58 bits per heavy atom. The van der Waals surface area contributed by atoms with Crippen molar-refractivity contribution in [3.05, 3.63) is 46.1 Å². The second-order valence-corrected chi connectivity index (χ2v) is 6.83. The maximum atomic E-state index is 12.4. The molecule has 1 N–H and O–H groups in total. The first-order valence-corrected chi connectivity index (χ1v) is 8.95. The Labute approximate surface area is 141 Å². The van der Waals surface area contributed by atoms with Gasteiger partial charge in [-0.1, -0.05) is 0 Å². The molecule has 2 aliphatic carbocycles. The largest absolute Gasteiger partial charge is 0.351 e. The van der Waals surface area contributed by atoms with Crippen LogP contribution < -0.4 is 10.9 Å². The third-order valence-corrected chi connectivity index (χ3v) is 5.17. The van der Waals surface area contributed by atoms with Gasteiger partial charge in [-0.25, -0.2) is 14.6 Å². The Morgan fingerprint density at radius 2 is 1.79 bits per heavy atom. The molecule has 126 valence electrons. The van der Waals surface area contributed by atoms with Crippen LogP contribution in [0.2, 0.25) is 0 Å². The highest BCUT2D eigenvalue weighted by Gasteiger charge is 2.25. The number of nitrogens with zero attached hydrogens (tertiary/aromatic N) is 4. The van der Waals surface area contributed by atoms with Gasteiger partial charge in [0, 0.05) is 24.5 Å². The second kappa shape index (κ2) is 6.71. The Bertz CT molecular complexity index is 750. The van der Waals surface area contributed by atoms with Crippen molar-refractivity contribution in [2.75, 3.05) is 5.32 Å². The summed E-state index contributed by atoms with van der Waals surface area (Å²) in [5.74, 6) is 0.685. The van der Waals surface area contributed by atoms with Crippen LogP contribution in [0.15, 0.2) is 29.3 Å². The lowest BCUT2D eigenvalue weighted by atomic mass is 9.91. The van der Waals surface area contributed by atoms with Crippen molar-refractivity contribution in [2.45, 2.75) is 63.5 Å². The van der Waals surface area contributed by atoms with Gasteiger partial charge in [-0.2, -0.15) is 5.10 Å². The number of aryl methyl sites for hydroxylation is 2. The van der Waals surface area contributed by atoms with E-state index in [4.69, 9.17) is 5.10 Å². The van der Waals surface area contributed by atoms with Crippen LogP contribution >= 0.6 is 0 Å². The van der Waals surface area contributed by atoms with E-state index in [2.05, 4.69) is 15.3 Å². The molecule has 2 heterocycles. The Kier molecular flexibility index (Phi) is 4.28. The van der Waals surface area contributed by atoms with Crippen molar-refractivity contribution in [1.29, 1.82) is 0 Å². The minimum absolute atomic E-state index is 0.0680. The van der Waals surface area contributed by atoms with E-state index in [1.807, 2.05) is 12.1 Å². The lowest BCUT2D eigenvalue weighted by Crippen LogP contribution is -2.34. The van der Waals surface area contributed by atoms with Crippen LogP contribution in [-0.4, -0.2) is 25.8 Å². The normalized spacial score (nSPS) is 23.5. The molecule has 0 spiro atoms. The number of anilines is 1. The van der Waals surface area contributed by atoms with E-state index in [9.17, 15) is 4.79 Å². The van der Waals surface area contributed by atoms with E-state index < -0.39 is 0 Å². The molecule has 0 aliphatic heterocycles. The maximum Gasteiger partial charge on any atom is 0.267 e. The number of fused-ring (bicyclic) bond motifs is 1. The van der Waals surface area contributed by atoms with Crippen LogP contribution in [0, 0.1) is 0 Å². The SMILES string of the molecule is O=c1cc2c(nn1C1CCC(Nc3ncccn3)CC1)CCCC2. The van der Waals surface area contributed by atoms with Crippen molar-refractivity contribution in [2.24, 2.45) is 0 Å². The van der Waals surface area contributed by atoms with Gasteiger partial charge in [-0.3, -0.25) is 4.79 Å². The highest BCUT2D eigenvalue weighted by Crippen LogP contribution is 2.29. The van der Waals surface area contributed by atoms with Crippen molar-refractivity contribution in [1.82, 2.24) is 19.7 Å². The molecule has 2 aromatic rings. The fourth-order valence-corrected chi connectivity index (χ4v) is 3.86. The van der Waals surface area contributed by atoms with Gasteiger partial charge in [-0.15, -0.1) is 0 Å². The number of nitrogens with one attached hydrogen (secondary N) is 1. The molecule has 0 saturated heterocycles. The summed E-state index contributed by atoms with van der Waals surface area (Å²) >= 11 is 0.